The molecule has 0 aliphatic carbocycles. The fourth-order valence-electron chi connectivity index (χ4n) is 3.33. The Bertz CT molecular complexity index is 1230. The predicted octanol–water partition coefficient (Wildman–Crippen LogP) is 1.98. The van der Waals surface area contributed by atoms with Gasteiger partial charge in [0.25, 0.3) is 11.5 Å². The summed E-state index contributed by atoms with van der Waals surface area (Å²) in [6.07, 6.45) is 7.34. The van der Waals surface area contributed by atoms with Crippen LogP contribution < -0.4 is 16.6 Å². The van der Waals surface area contributed by atoms with Crippen LogP contribution in [0.5, 0.6) is 0 Å². The van der Waals surface area contributed by atoms with Gasteiger partial charge in [0.1, 0.15) is 6.04 Å². The number of esters is 1. The van der Waals surface area contributed by atoms with Gasteiger partial charge in [-0.05, 0) is 54.7 Å². The molecule has 3 aromatic rings. The van der Waals surface area contributed by atoms with Gasteiger partial charge >= 0.3 is 5.97 Å². The summed E-state index contributed by atoms with van der Waals surface area (Å²) in [5, 5.41) is 3.16. The number of terminal acetylenes is 1. The Morgan fingerprint density at radius 1 is 1.19 bits per heavy atom. The summed E-state index contributed by atoms with van der Waals surface area (Å²) in [4.78, 5) is 43.0. The van der Waals surface area contributed by atoms with Crippen molar-refractivity contribution in [1.29, 1.82) is 0 Å². The highest BCUT2D eigenvalue weighted by molar-refractivity contribution is 5.96. The van der Waals surface area contributed by atoms with Gasteiger partial charge in [-0.15, -0.1) is 12.3 Å². The maximum absolute atomic E-state index is 12.5. The Morgan fingerprint density at radius 3 is 2.56 bits per heavy atom. The van der Waals surface area contributed by atoms with Gasteiger partial charge in [-0.25, -0.2) is 9.78 Å². The Morgan fingerprint density at radius 2 is 1.88 bits per heavy atom. The third-order valence-electron chi connectivity index (χ3n) is 5.07. The summed E-state index contributed by atoms with van der Waals surface area (Å²) >= 11 is 0. The Hall–Kier alpha value is -4.12. The second-order valence-corrected chi connectivity index (χ2v) is 7.29. The van der Waals surface area contributed by atoms with E-state index in [1.54, 1.807) is 18.2 Å². The van der Waals surface area contributed by atoms with Gasteiger partial charge in [0.05, 0.1) is 18.0 Å². The third-order valence-corrected chi connectivity index (χ3v) is 5.07. The highest BCUT2D eigenvalue weighted by atomic mass is 16.5. The SMILES string of the molecule is C#CCC[C@H](NC(=O)c1ccc(CCc2ccc3nc(N)[nH]c(=O)c3c2)cc1)C(=O)OC. The van der Waals surface area contributed by atoms with Crippen LogP contribution in [0.3, 0.4) is 0 Å². The third kappa shape index (κ3) is 5.52. The molecule has 164 valence electrons. The summed E-state index contributed by atoms with van der Waals surface area (Å²) in [5.74, 6) is 1.64. The zero-order valence-electron chi connectivity index (χ0n) is 17.7. The number of H-pyrrole nitrogens is 1. The van der Waals surface area contributed by atoms with Crippen molar-refractivity contribution in [2.75, 3.05) is 12.8 Å². The second kappa shape index (κ2) is 10.3. The monoisotopic (exact) mass is 432 g/mol. The van der Waals surface area contributed by atoms with Crippen LogP contribution in [0.4, 0.5) is 5.95 Å². The van der Waals surface area contributed by atoms with E-state index in [4.69, 9.17) is 16.9 Å². The molecule has 8 heteroatoms. The van der Waals surface area contributed by atoms with Gasteiger partial charge in [-0.2, -0.15) is 0 Å². The minimum atomic E-state index is -0.788. The number of nitrogens with zero attached hydrogens (tertiary/aromatic N) is 1. The Labute approximate surface area is 185 Å². The summed E-state index contributed by atoms with van der Waals surface area (Å²) < 4.78 is 4.73. The van der Waals surface area contributed by atoms with E-state index in [1.807, 2.05) is 24.3 Å². The first-order valence-electron chi connectivity index (χ1n) is 10.1. The number of aromatic amines is 1. The molecule has 1 aromatic heterocycles. The zero-order chi connectivity index (χ0) is 23.1. The van der Waals surface area contributed by atoms with Crippen molar-refractivity contribution in [2.24, 2.45) is 0 Å². The topological polar surface area (TPSA) is 127 Å². The number of nitrogens with one attached hydrogen (secondary N) is 2. The molecule has 0 fully saturated rings. The molecule has 0 spiro atoms. The summed E-state index contributed by atoms with van der Waals surface area (Å²) in [6.45, 7) is 0. The van der Waals surface area contributed by atoms with Crippen molar-refractivity contribution < 1.29 is 14.3 Å². The molecule has 0 aliphatic rings. The molecule has 4 N–H and O–H groups in total. The lowest BCUT2D eigenvalue weighted by atomic mass is 10.0. The first-order valence-corrected chi connectivity index (χ1v) is 10.1. The number of nitrogen functional groups attached to an aromatic ring is 1. The number of nitrogens with two attached hydrogens (primary N) is 1. The molecule has 32 heavy (non-hydrogen) atoms. The molecule has 3 rings (SSSR count). The minimum absolute atomic E-state index is 0.0910. The van der Waals surface area contributed by atoms with E-state index in [-0.39, 0.29) is 17.4 Å². The van der Waals surface area contributed by atoms with Crippen LogP contribution in [-0.4, -0.2) is 35.0 Å². The lowest BCUT2D eigenvalue weighted by molar-refractivity contribution is -0.143. The van der Waals surface area contributed by atoms with E-state index in [2.05, 4.69) is 21.2 Å². The number of benzene rings is 2. The molecule has 2 aromatic carbocycles. The van der Waals surface area contributed by atoms with Gasteiger partial charge in [0.2, 0.25) is 5.95 Å². The quantitative estimate of drug-likeness (QED) is 0.369. The lowest BCUT2D eigenvalue weighted by Gasteiger charge is -2.15. The van der Waals surface area contributed by atoms with Crippen LogP contribution in [0, 0.1) is 12.3 Å². The molecular formula is C24H24N4O4. The van der Waals surface area contributed by atoms with E-state index in [1.165, 1.54) is 7.11 Å². The number of carbonyl (C=O) groups excluding carboxylic acids is 2. The average Bonchev–Trinajstić information content (AvgIpc) is 2.80. The molecule has 0 saturated heterocycles. The molecule has 0 radical (unpaired) electrons. The molecule has 0 bridgehead atoms. The number of aromatic nitrogens is 2. The number of hydrogen-bond donors (Lipinski definition) is 3. The normalized spacial score (nSPS) is 11.5. The van der Waals surface area contributed by atoms with Crippen LogP contribution in [0.15, 0.2) is 47.3 Å². The average molecular weight is 432 g/mol. The zero-order valence-corrected chi connectivity index (χ0v) is 17.7. The number of ether oxygens (including phenoxy) is 1. The Kier molecular flexibility index (Phi) is 7.24. The van der Waals surface area contributed by atoms with Gasteiger partial charge in [0.15, 0.2) is 0 Å². The van der Waals surface area contributed by atoms with Crippen molar-refractivity contribution in [3.05, 3.63) is 69.5 Å². The molecule has 1 heterocycles. The Balaban J connectivity index is 1.63. The van der Waals surface area contributed by atoms with Crippen molar-refractivity contribution in [3.8, 4) is 12.3 Å². The molecule has 1 amide bonds. The summed E-state index contributed by atoms with van der Waals surface area (Å²) in [6, 6.07) is 11.9. The standard InChI is InChI=1S/C24H24N4O4/c1-3-4-5-20(23(31)32-2)26-21(29)17-11-8-15(9-12-17)6-7-16-10-13-19-18(14-16)22(30)28-24(25)27-19/h1,8-14,20H,4-7H2,2H3,(H,26,29)(H3,25,27,28,30)/t20-/m0/s1. The molecule has 1 atom stereocenters. The number of aryl methyl sites for hydroxylation is 2. The molecule has 0 unspecified atom stereocenters. The summed E-state index contributed by atoms with van der Waals surface area (Å²) in [7, 11) is 1.27. The maximum atomic E-state index is 12.5. The van der Waals surface area contributed by atoms with E-state index >= 15 is 0 Å². The van der Waals surface area contributed by atoms with Gasteiger partial charge in [0, 0.05) is 12.0 Å². The van der Waals surface area contributed by atoms with E-state index < -0.39 is 12.0 Å². The number of anilines is 1. The van der Waals surface area contributed by atoms with Crippen molar-refractivity contribution in [2.45, 2.75) is 31.7 Å². The lowest BCUT2D eigenvalue weighted by Crippen LogP contribution is -2.41. The van der Waals surface area contributed by atoms with Crippen molar-refractivity contribution in [1.82, 2.24) is 15.3 Å². The number of methoxy groups -OCH3 is 1. The van der Waals surface area contributed by atoms with E-state index in [0.29, 0.717) is 35.7 Å². The predicted molar refractivity (Wildman–Crippen MR) is 122 cm³/mol. The molecular weight excluding hydrogens is 408 g/mol. The number of hydrogen-bond acceptors (Lipinski definition) is 6. The van der Waals surface area contributed by atoms with Crippen LogP contribution in [-0.2, 0) is 22.4 Å². The van der Waals surface area contributed by atoms with Gasteiger partial charge in [-0.3, -0.25) is 14.6 Å². The van der Waals surface area contributed by atoms with Crippen LogP contribution in [0.25, 0.3) is 10.9 Å². The molecule has 0 saturated carbocycles. The smallest absolute Gasteiger partial charge is 0.328 e. The van der Waals surface area contributed by atoms with E-state index in [9.17, 15) is 14.4 Å². The fourth-order valence-corrected chi connectivity index (χ4v) is 3.33. The number of fused-ring (bicyclic) bond motifs is 1. The molecule has 0 aliphatic heterocycles. The number of rotatable bonds is 8. The fraction of sp³-hybridized carbons (Fsp3) is 0.250. The van der Waals surface area contributed by atoms with E-state index in [0.717, 1.165) is 17.5 Å². The molecule has 8 nitrogen and oxygen atoms in total. The highest BCUT2D eigenvalue weighted by Crippen LogP contribution is 2.14. The van der Waals surface area contributed by atoms with Gasteiger partial charge in [-0.1, -0.05) is 18.2 Å². The van der Waals surface area contributed by atoms with Crippen LogP contribution >= 0.6 is 0 Å². The summed E-state index contributed by atoms with van der Waals surface area (Å²) in [5.41, 5.74) is 8.32. The van der Waals surface area contributed by atoms with Crippen molar-refractivity contribution >= 4 is 28.7 Å². The number of amides is 1. The van der Waals surface area contributed by atoms with Gasteiger partial charge < -0.3 is 15.8 Å². The number of carbonyl (C=O) groups is 2. The first kappa shape index (κ1) is 22.6. The maximum Gasteiger partial charge on any atom is 0.328 e. The van der Waals surface area contributed by atoms with Crippen LogP contribution in [0.2, 0.25) is 0 Å². The second-order valence-electron chi connectivity index (χ2n) is 7.29. The van der Waals surface area contributed by atoms with Crippen molar-refractivity contribution in [3.63, 3.8) is 0 Å². The highest BCUT2D eigenvalue weighted by Gasteiger charge is 2.21. The largest absolute Gasteiger partial charge is 0.467 e. The minimum Gasteiger partial charge on any atom is -0.467 e. The first-order chi connectivity index (χ1) is 15.4. The van der Waals surface area contributed by atoms with Crippen LogP contribution in [0.1, 0.15) is 34.3 Å².